The lowest BCUT2D eigenvalue weighted by molar-refractivity contribution is -0.137. The molecule has 0 N–H and O–H groups in total. The maximum absolute atomic E-state index is 12.6. The van der Waals surface area contributed by atoms with Gasteiger partial charge in [-0.25, -0.2) is 4.79 Å². The van der Waals surface area contributed by atoms with Gasteiger partial charge in [0.15, 0.2) is 0 Å². The number of piperidine rings is 1. The van der Waals surface area contributed by atoms with E-state index in [0.717, 1.165) is 12.3 Å². The van der Waals surface area contributed by atoms with Crippen LogP contribution in [0.5, 0.6) is 0 Å². The Morgan fingerprint density at radius 3 is 2.35 bits per heavy atom. The number of ether oxygens (including phenoxy) is 1. The first-order valence-electron chi connectivity index (χ1n) is 8.35. The van der Waals surface area contributed by atoms with Gasteiger partial charge in [-0.15, -0.1) is 0 Å². The number of aromatic nitrogens is 1. The van der Waals surface area contributed by atoms with Crippen molar-refractivity contribution in [2.24, 2.45) is 5.41 Å². The third-order valence-electron chi connectivity index (χ3n) is 4.28. The number of carbonyl (C=O) groups excluding carboxylic acids is 1. The number of pyridine rings is 1. The van der Waals surface area contributed by atoms with E-state index in [1.807, 2.05) is 0 Å². The van der Waals surface area contributed by atoms with E-state index in [4.69, 9.17) is 4.74 Å². The van der Waals surface area contributed by atoms with Crippen molar-refractivity contribution in [1.29, 1.82) is 5.26 Å². The van der Waals surface area contributed by atoms with Crippen LogP contribution in [0.2, 0.25) is 0 Å². The van der Waals surface area contributed by atoms with Gasteiger partial charge in [-0.05, 0) is 45.7 Å². The Kier molecular flexibility index (Phi) is 5.49. The van der Waals surface area contributed by atoms with Crippen molar-refractivity contribution in [2.75, 3.05) is 13.1 Å². The number of nitriles is 1. The van der Waals surface area contributed by atoms with Crippen LogP contribution in [0, 0.1) is 16.7 Å². The molecule has 0 unspecified atom stereocenters. The van der Waals surface area contributed by atoms with Crippen LogP contribution in [0.25, 0.3) is 0 Å². The lowest BCUT2D eigenvalue weighted by Gasteiger charge is -2.37. The van der Waals surface area contributed by atoms with Crippen LogP contribution in [0.15, 0.2) is 18.3 Å². The van der Waals surface area contributed by atoms with Gasteiger partial charge in [0.1, 0.15) is 5.60 Å². The Balaban J connectivity index is 2.01. The summed E-state index contributed by atoms with van der Waals surface area (Å²) in [7, 11) is 0. The molecular weight excluding hydrogens is 347 g/mol. The molecule has 1 fully saturated rings. The average Bonchev–Trinajstić information content (AvgIpc) is 2.53. The number of amides is 1. The average molecular weight is 369 g/mol. The molecule has 1 aliphatic rings. The number of alkyl halides is 3. The number of likely N-dealkylation sites (tertiary alicyclic amines) is 1. The molecule has 1 amide bonds. The number of rotatable bonds is 2. The molecule has 0 aromatic carbocycles. The van der Waals surface area contributed by atoms with Crippen LogP contribution in [0.1, 0.15) is 44.9 Å². The minimum Gasteiger partial charge on any atom is -0.444 e. The van der Waals surface area contributed by atoms with Gasteiger partial charge in [0.05, 0.1) is 17.0 Å². The molecule has 1 aromatic rings. The number of carbonyl (C=O) groups is 1. The van der Waals surface area contributed by atoms with E-state index in [9.17, 15) is 23.2 Å². The van der Waals surface area contributed by atoms with Crippen LogP contribution in [-0.4, -0.2) is 34.7 Å². The van der Waals surface area contributed by atoms with Crippen molar-refractivity contribution in [3.05, 3.63) is 29.6 Å². The summed E-state index contributed by atoms with van der Waals surface area (Å²) in [4.78, 5) is 17.5. The third-order valence-corrected chi connectivity index (χ3v) is 4.28. The predicted molar refractivity (Wildman–Crippen MR) is 88.0 cm³/mol. The summed E-state index contributed by atoms with van der Waals surface area (Å²) < 4.78 is 43.2. The van der Waals surface area contributed by atoms with E-state index >= 15 is 0 Å². The second kappa shape index (κ2) is 7.14. The van der Waals surface area contributed by atoms with Crippen molar-refractivity contribution in [3.63, 3.8) is 0 Å². The van der Waals surface area contributed by atoms with Crippen LogP contribution in [-0.2, 0) is 17.3 Å². The summed E-state index contributed by atoms with van der Waals surface area (Å²) in [6.45, 7) is 6.08. The fourth-order valence-electron chi connectivity index (χ4n) is 2.82. The molecule has 0 saturated carbocycles. The summed E-state index contributed by atoms with van der Waals surface area (Å²) in [6, 6.07) is 4.56. The summed E-state index contributed by atoms with van der Waals surface area (Å²) in [6.07, 6.45) is -2.97. The van der Waals surface area contributed by atoms with Crippen molar-refractivity contribution in [2.45, 2.75) is 51.8 Å². The normalized spacial score (nSPS) is 17.5. The van der Waals surface area contributed by atoms with Crippen LogP contribution in [0.4, 0.5) is 18.0 Å². The molecule has 2 rings (SSSR count). The van der Waals surface area contributed by atoms with Gasteiger partial charge >= 0.3 is 12.3 Å². The quantitative estimate of drug-likeness (QED) is 0.784. The largest absolute Gasteiger partial charge is 0.444 e. The molecule has 1 aliphatic heterocycles. The van der Waals surface area contributed by atoms with Gasteiger partial charge in [0, 0.05) is 31.4 Å². The first-order chi connectivity index (χ1) is 11.9. The smallest absolute Gasteiger partial charge is 0.417 e. The van der Waals surface area contributed by atoms with Gasteiger partial charge in [-0.2, -0.15) is 18.4 Å². The molecule has 0 atom stereocenters. The van der Waals surface area contributed by atoms with Crippen LogP contribution < -0.4 is 0 Å². The van der Waals surface area contributed by atoms with Crippen molar-refractivity contribution in [1.82, 2.24) is 9.88 Å². The first-order valence-corrected chi connectivity index (χ1v) is 8.35. The summed E-state index contributed by atoms with van der Waals surface area (Å²) >= 11 is 0. The maximum Gasteiger partial charge on any atom is 0.417 e. The topological polar surface area (TPSA) is 66.2 Å². The second-order valence-corrected chi connectivity index (χ2v) is 7.57. The fourth-order valence-corrected chi connectivity index (χ4v) is 2.82. The molecule has 0 aliphatic carbocycles. The highest BCUT2D eigenvalue weighted by Crippen LogP contribution is 2.35. The lowest BCUT2D eigenvalue weighted by atomic mass is 9.76. The highest BCUT2D eigenvalue weighted by Gasteiger charge is 2.38. The molecule has 142 valence electrons. The summed E-state index contributed by atoms with van der Waals surface area (Å²) in [5.74, 6) is 0. The highest BCUT2D eigenvalue weighted by molar-refractivity contribution is 5.68. The van der Waals surface area contributed by atoms with Crippen LogP contribution >= 0.6 is 0 Å². The maximum atomic E-state index is 12.6. The minimum atomic E-state index is -4.43. The van der Waals surface area contributed by atoms with E-state index in [0.29, 0.717) is 31.6 Å². The van der Waals surface area contributed by atoms with Gasteiger partial charge in [-0.1, -0.05) is 0 Å². The van der Waals surface area contributed by atoms with E-state index in [1.54, 1.807) is 25.7 Å². The van der Waals surface area contributed by atoms with Gasteiger partial charge < -0.3 is 9.64 Å². The summed E-state index contributed by atoms with van der Waals surface area (Å²) in [5.41, 5.74) is -1.71. The second-order valence-electron chi connectivity index (χ2n) is 7.57. The van der Waals surface area contributed by atoms with E-state index in [2.05, 4.69) is 11.1 Å². The van der Waals surface area contributed by atoms with Crippen molar-refractivity contribution < 1.29 is 22.7 Å². The summed E-state index contributed by atoms with van der Waals surface area (Å²) in [5, 5.41) is 9.61. The van der Waals surface area contributed by atoms with E-state index in [1.165, 1.54) is 6.07 Å². The molecule has 0 radical (unpaired) electrons. The number of hydrogen-bond acceptors (Lipinski definition) is 4. The van der Waals surface area contributed by atoms with Crippen molar-refractivity contribution in [3.8, 4) is 6.07 Å². The Bertz CT molecular complexity index is 680. The Morgan fingerprint density at radius 1 is 1.31 bits per heavy atom. The molecule has 2 heterocycles. The van der Waals surface area contributed by atoms with Gasteiger partial charge in [-0.3, -0.25) is 4.98 Å². The van der Waals surface area contributed by atoms with Gasteiger partial charge in [0.25, 0.3) is 0 Å². The lowest BCUT2D eigenvalue weighted by Crippen LogP contribution is -2.45. The zero-order valence-corrected chi connectivity index (χ0v) is 15.1. The van der Waals surface area contributed by atoms with Crippen LogP contribution in [0.3, 0.4) is 0 Å². The standard InChI is InChI=1S/C18H22F3N3O2/c1-16(2,3)26-15(25)24-8-6-17(12-22,7-9-24)10-14-5-4-13(11-23-14)18(19,20)21/h4-5,11H,6-10H2,1-3H3. The van der Waals surface area contributed by atoms with E-state index in [-0.39, 0.29) is 6.42 Å². The molecule has 5 nitrogen and oxygen atoms in total. The first kappa shape index (κ1) is 20.0. The Morgan fingerprint density at radius 2 is 1.92 bits per heavy atom. The number of nitrogens with zero attached hydrogens (tertiary/aromatic N) is 3. The highest BCUT2D eigenvalue weighted by atomic mass is 19.4. The zero-order chi connectivity index (χ0) is 19.6. The molecule has 0 bridgehead atoms. The van der Waals surface area contributed by atoms with E-state index < -0.39 is 28.8 Å². The molecule has 26 heavy (non-hydrogen) atoms. The third kappa shape index (κ3) is 5.10. The molecule has 1 saturated heterocycles. The minimum absolute atomic E-state index is 0.254. The van der Waals surface area contributed by atoms with Crippen molar-refractivity contribution >= 4 is 6.09 Å². The fraction of sp³-hybridized carbons (Fsp3) is 0.611. The SMILES string of the molecule is CC(C)(C)OC(=O)N1CCC(C#N)(Cc2ccc(C(F)(F)F)cn2)CC1. The molecule has 1 aromatic heterocycles. The molecule has 8 heteroatoms. The zero-order valence-electron chi connectivity index (χ0n) is 15.1. The molecule has 0 spiro atoms. The number of hydrogen-bond donors (Lipinski definition) is 0. The Hall–Kier alpha value is -2.30. The predicted octanol–water partition coefficient (Wildman–Crippen LogP) is 4.18. The molecular formula is C18H22F3N3O2. The van der Waals surface area contributed by atoms with Gasteiger partial charge in [0.2, 0.25) is 0 Å². The number of halogens is 3. The Labute approximate surface area is 150 Å². The monoisotopic (exact) mass is 369 g/mol.